The molecule has 0 spiro atoms. The number of ether oxygens (including phenoxy) is 2. The van der Waals surface area contributed by atoms with E-state index in [1.807, 2.05) is 12.2 Å². The van der Waals surface area contributed by atoms with Crippen LogP contribution in [0.15, 0.2) is 24.3 Å². The van der Waals surface area contributed by atoms with Crippen LogP contribution in [0.3, 0.4) is 0 Å². The molecule has 11 nitrogen and oxygen atoms in total. The summed E-state index contributed by atoms with van der Waals surface area (Å²) in [6, 6.07) is 0. The normalized spacial score (nSPS) is 19.0. The standard InChI is InChI=1S/C42H75O11P/c1-4-5-19-25-35(43)29-30-38-37(39(44)31-40(38)45)26-21-17-18-22-27-41(46)51-32-36(33-52-54(48,49)50)53-42(47)28-23-16-14-12-10-8-6-7-9-11-13-15-20-24-34(2)3/h17,21,29-30,34-38,40,43,45H,4-16,18-20,22-28,31-33H2,1-3H3,(H2,48,49,50)/b21-17-,30-29+/t35-,36+,37+,38+,40+/m0/s1. The molecule has 54 heavy (non-hydrogen) atoms. The fourth-order valence-corrected chi connectivity index (χ4v) is 7.13. The number of phosphoric acid groups is 1. The van der Waals surface area contributed by atoms with Gasteiger partial charge in [-0.05, 0) is 38.0 Å². The Hall–Kier alpha value is -1.88. The number of esters is 2. The fraction of sp³-hybridized carbons (Fsp3) is 0.833. The van der Waals surface area contributed by atoms with Gasteiger partial charge in [-0.1, -0.05) is 148 Å². The predicted octanol–water partition coefficient (Wildman–Crippen LogP) is 9.24. The average molecular weight is 787 g/mol. The van der Waals surface area contributed by atoms with Crippen LogP contribution >= 0.6 is 7.82 Å². The molecule has 314 valence electrons. The van der Waals surface area contributed by atoms with E-state index in [-0.39, 0.29) is 43.5 Å². The van der Waals surface area contributed by atoms with E-state index < -0.39 is 44.7 Å². The molecule has 0 aromatic rings. The predicted molar refractivity (Wildman–Crippen MR) is 212 cm³/mol. The second-order valence-electron chi connectivity index (χ2n) is 15.6. The van der Waals surface area contributed by atoms with Gasteiger partial charge in [-0.25, -0.2) is 4.57 Å². The molecule has 4 N–H and O–H groups in total. The molecule has 0 unspecified atom stereocenters. The zero-order chi connectivity index (χ0) is 40.0. The number of aliphatic hydroxyl groups is 2. The molecule has 5 atom stereocenters. The van der Waals surface area contributed by atoms with Crippen molar-refractivity contribution in [3.05, 3.63) is 24.3 Å². The van der Waals surface area contributed by atoms with Crippen LogP contribution in [-0.2, 0) is 32.9 Å². The molecule has 0 bridgehead atoms. The van der Waals surface area contributed by atoms with Crippen molar-refractivity contribution < 1.29 is 52.9 Å². The highest BCUT2D eigenvalue weighted by atomic mass is 31.2. The van der Waals surface area contributed by atoms with E-state index in [0.717, 1.165) is 44.4 Å². The molecule has 0 heterocycles. The summed E-state index contributed by atoms with van der Waals surface area (Å²) in [4.78, 5) is 55.5. The van der Waals surface area contributed by atoms with Gasteiger partial charge < -0.3 is 29.5 Å². The minimum absolute atomic E-state index is 0.00604. The summed E-state index contributed by atoms with van der Waals surface area (Å²) in [5.41, 5.74) is 0. The van der Waals surface area contributed by atoms with Crippen molar-refractivity contribution in [3.63, 3.8) is 0 Å². The summed E-state index contributed by atoms with van der Waals surface area (Å²) in [6.07, 6.45) is 27.0. The Bertz CT molecular complexity index is 1100. The number of hydrogen-bond donors (Lipinski definition) is 4. The number of Topliss-reactive ketones (excluding diaryl/α,β-unsaturated/α-hetero) is 1. The molecular formula is C42H75O11P. The Morgan fingerprint density at radius 1 is 0.796 bits per heavy atom. The van der Waals surface area contributed by atoms with E-state index >= 15 is 0 Å². The first-order valence-corrected chi connectivity index (χ1v) is 22.6. The largest absolute Gasteiger partial charge is 0.469 e. The third kappa shape index (κ3) is 27.7. The zero-order valence-electron chi connectivity index (χ0n) is 33.8. The van der Waals surface area contributed by atoms with E-state index in [4.69, 9.17) is 19.3 Å². The Kier molecular flexibility index (Phi) is 29.0. The molecule has 12 heteroatoms. The molecule has 0 radical (unpaired) electrons. The highest BCUT2D eigenvalue weighted by molar-refractivity contribution is 7.46. The maximum atomic E-state index is 12.5. The third-order valence-corrected chi connectivity index (χ3v) is 10.5. The smallest absolute Gasteiger partial charge is 0.462 e. The topological polar surface area (TPSA) is 177 Å². The van der Waals surface area contributed by atoms with Crippen LogP contribution in [0.2, 0.25) is 0 Å². The number of hydrogen-bond acceptors (Lipinski definition) is 9. The lowest BCUT2D eigenvalue weighted by Gasteiger charge is -2.18. The number of unbranched alkanes of at least 4 members (excludes halogenated alkanes) is 15. The van der Waals surface area contributed by atoms with Crippen molar-refractivity contribution in [2.24, 2.45) is 17.8 Å². The Labute approximate surface area is 326 Å². The first-order valence-electron chi connectivity index (χ1n) is 21.1. The lowest BCUT2D eigenvalue weighted by molar-refractivity contribution is -0.161. The zero-order valence-corrected chi connectivity index (χ0v) is 34.6. The Morgan fingerprint density at radius 2 is 1.37 bits per heavy atom. The summed E-state index contributed by atoms with van der Waals surface area (Å²) in [5.74, 6) is -0.985. The van der Waals surface area contributed by atoms with E-state index in [9.17, 15) is 29.2 Å². The van der Waals surface area contributed by atoms with Crippen LogP contribution in [0.25, 0.3) is 0 Å². The van der Waals surface area contributed by atoms with Gasteiger partial charge in [-0.15, -0.1) is 0 Å². The van der Waals surface area contributed by atoms with Gasteiger partial charge >= 0.3 is 19.8 Å². The van der Waals surface area contributed by atoms with Gasteiger partial charge in [0, 0.05) is 31.1 Å². The maximum Gasteiger partial charge on any atom is 0.469 e. The molecule has 1 fully saturated rings. The van der Waals surface area contributed by atoms with Crippen molar-refractivity contribution in [1.29, 1.82) is 0 Å². The first-order chi connectivity index (χ1) is 25.8. The first kappa shape index (κ1) is 50.1. The van der Waals surface area contributed by atoms with E-state index in [2.05, 4.69) is 25.3 Å². The SMILES string of the molecule is CCCCC[C@H](O)/C=C/[C@H]1[C@H](O)CC(=O)[C@@H]1C/C=C\CCCC(=O)OC[C@H](COP(=O)(O)O)OC(=O)CCCCCCCCCCCCCCCC(C)C. The molecule has 1 aliphatic carbocycles. The summed E-state index contributed by atoms with van der Waals surface area (Å²) >= 11 is 0. The Balaban J connectivity index is 2.28. The lowest BCUT2D eigenvalue weighted by Crippen LogP contribution is -2.29. The molecule has 0 aliphatic heterocycles. The van der Waals surface area contributed by atoms with Crippen LogP contribution in [0, 0.1) is 17.8 Å². The van der Waals surface area contributed by atoms with Gasteiger partial charge in [0.25, 0.3) is 0 Å². The van der Waals surface area contributed by atoms with Gasteiger partial charge in [0.05, 0.1) is 18.8 Å². The van der Waals surface area contributed by atoms with Crippen molar-refractivity contribution >= 4 is 25.5 Å². The van der Waals surface area contributed by atoms with Crippen molar-refractivity contribution in [1.82, 2.24) is 0 Å². The van der Waals surface area contributed by atoms with E-state index in [0.29, 0.717) is 32.1 Å². The second kappa shape index (κ2) is 31.2. The van der Waals surface area contributed by atoms with Crippen LogP contribution < -0.4 is 0 Å². The highest BCUT2D eigenvalue weighted by Crippen LogP contribution is 2.36. The number of allylic oxidation sites excluding steroid dienone is 2. The van der Waals surface area contributed by atoms with Gasteiger partial charge in [0.15, 0.2) is 6.10 Å². The maximum absolute atomic E-state index is 12.5. The number of phosphoric ester groups is 1. The van der Waals surface area contributed by atoms with Gasteiger partial charge in [0.1, 0.15) is 12.4 Å². The molecule has 1 rings (SSSR count). The van der Waals surface area contributed by atoms with E-state index in [1.54, 1.807) is 12.2 Å². The molecule has 0 aromatic heterocycles. The van der Waals surface area contributed by atoms with Crippen LogP contribution in [0.5, 0.6) is 0 Å². The number of rotatable bonds is 34. The van der Waals surface area contributed by atoms with Crippen LogP contribution in [0.1, 0.15) is 175 Å². The molecule has 1 saturated carbocycles. The minimum Gasteiger partial charge on any atom is -0.462 e. The monoisotopic (exact) mass is 787 g/mol. The van der Waals surface area contributed by atoms with Crippen molar-refractivity contribution in [2.45, 2.75) is 193 Å². The van der Waals surface area contributed by atoms with Crippen molar-refractivity contribution in [3.8, 4) is 0 Å². The molecule has 0 aromatic carbocycles. The lowest BCUT2D eigenvalue weighted by atomic mass is 9.90. The number of aliphatic hydroxyl groups excluding tert-OH is 2. The third-order valence-electron chi connectivity index (χ3n) is 10.0. The number of carbonyl (C=O) groups is 3. The van der Waals surface area contributed by atoms with Gasteiger partial charge in [-0.2, -0.15) is 0 Å². The quantitative estimate of drug-likeness (QED) is 0.0212. The molecule has 1 aliphatic rings. The molecular weight excluding hydrogens is 711 g/mol. The minimum atomic E-state index is -4.82. The molecule has 0 amide bonds. The van der Waals surface area contributed by atoms with Crippen LogP contribution in [0.4, 0.5) is 0 Å². The summed E-state index contributed by atoms with van der Waals surface area (Å²) in [5, 5.41) is 20.6. The number of ketones is 1. The fourth-order valence-electron chi connectivity index (χ4n) is 6.77. The summed E-state index contributed by atoms with van der Waals surface area (Å²) in [6.45, 7) is 5.68. The van der Waals surface area contributed by atoms with Crippen LogP contribution in [-0.4, -0.2) is 69.2 Å². The average Bonchev–Trinajstić information content (AvgIpc) is 3.38. The Morgan fingerprint density at radius 3 is 1.96 bits per heavy atom. The van der Waals surface area contributed by atoms with Crippen molar-refractivity contribution in [2.75, 3.05) is 13.2 Å². The summed E-state index contributed by atoms with van der Waals surface area (Å²) < 4.78 is 26.3. The van der Waals surface area contributed by atoms with Gasteiger partial charge in [0.2, 0.25) is 0 Å². The highest BCUT2D eigenvalue weighted by Gasteiger charge is 2.39. The summed E-state index contributed by atoms with van der Waals surface area (Å²) in [7, 11) is -4.82. The molecule has 0 saturated heterocycles. The number of carbonyl (C=O) groups excluding carboxylic acids is 3. The van der Waals surface area contributed by atoms with E-state index in [1.165, 1.54) is 64.2 Å². The van der Waals surface area contributed by atoms with Gasteiger partial charge in [-0.3, -0.25) is 18.9 Å². The second-order valence-corrected chi connectivity index (χ2v) is 16.8.